The van der Waals surface area contributed by atoms with Gasteiger partial charge in [0.2, 0.25) is 0 Å². The molecule has 0 spiro atoms. The van der Waals surface area contributed by atoms with E-state index in [1.165, 1.54) is 0 Å². The molecule has 2 aromatic heterocycles. The number of aromatic nitrogens is 4. The van der Waals surface area contributed by atoms with E-state index in [2.05, 4.69) is 9.97 Å². The predicted octanol–water partition coefficient (Wildman–Crippen LogP) is 1.59. The molecule has 6 heteroatoms. The number of anilines is 1. The molecule has 5 nitrogen and oxygen atoms in total. The predicted molar refractivity (Wildman–Crippen MR) is 98.6 cm³/mol. The molecule has 2 aromatic carbocycles. The van der Waals surface area contributed by atoms with E-state index >= 15 is 0 Å². The molecule has 0 amide bonds. The topological polar surface area (TPSA) is 77.6 Å². The van der Waals surface area contributed by atoms with Crippen molar-refractivity contribution >= 4 is 30.6 Å². The van der Waals surface area contributed by atoms with Crippen LogP contribution < -0.4 is 11.5 Å². The zero-order valence-corrected chi connectivity index (χ0v) is 13.1. The first-order chi connectivity index (χ1) is 11.7. The van der Waals surface area contributed by atoms with Gasteiger partial charge in [0.25, 0.3) is 0 Å². The number of nitrogens with two attached hydrogens (primary N) is 1. The summed E-state index contributed by atoms with van der Waals surface area (Å²) in [5.74, 6) is 0.349. The minimum Gasteiger partial charge on any atom is -0.382 e. The number of fused-ring (bicyclic) bond motifs is 1. The lowest BCUT2D eigenvalue weighted by molar-refractivity contribution is 1.20. The van der Waals surface area contributed by atoms with Gasteiger partial charge < -0.3 is 5.73 Å². The lowest BCUT2D eigenvalue weighted by atomic mass is 10.0. The minimum absolute atomic E-state index is 0.349. The van der Waals surface area contributed by atoms with E-state index in [0.29, 0.717) is 22.7 Å². The van der Waals surface area contributed by atoms with Crippen LogP contribution in [0.5, 0.6) is 0 Å². The Bertz CT molecular complexity index is 1020. The summed E-state index contributed by atoms with van der Waals surface area (Å²) in [6, 6.07) is 19.9. The number of hydrogen-bond acceptors (Lipinski definition) is 5. The molecule has 0 saturated heterocycles. The fourth-order valence-corrected chi connectivity index (χ4v) is 2.68. The zero-order chi connectivity index (χ0) is 16.5. The van der Waals surface area contributed by atoms with Gasteiger partial charge in [0.05, 0.1) is 17.1 Å². The van der Waals surface area contributed by atoms with Crippen LogP contribution in [0.3, 0.4) is 0 Å². The first kappa shape index (κ1) is 14.3. The van der Waals surface area contributed by atoms with E-state index in [1.807, 2.05) is 60.7 Å². The smallest absolute Gasteiger partial charge is 0.189 e. The normalized spacial score (nSPS) is 10.8. The quantitative estimate of drug-likeness (QED) is 0.569. The summed E-state index contributed by atoms with van der Waals surface area (Å²) in [7, 11) is 1.80. The molecule has 2 heterocycles. The second-order valence-electron chi connectivity index (χ2n) is 5.48. The molecule has 0 atom stereocenters. The monoisotopic (exact) mass is 311 g/mol. The Morgan fingerprint density at radius 2 is 1.21 bits per heavy atom. The lowest BCUT2D eigenvalue weighted by Gasteiger charge is -2.11. The van der Waals surface area contributed by atoms with Crippen LogP contribution in [0.25, 0.3) is 33.7 Å². The van der Waals surface area contributed by atoms with Gasteiger partial charge >= 0.3 is 0 Å². The lowest BCUT2D eigenvalue weighted by Crippen LogP contribution is -2.17. The molecule has 24 heavy (non-hydrogen) atoms. The molecule has 0 unspecified atom stereocenters. The largest absolute Gasteiger partial charge is 0.382 e. The van der Waals surface area contributed by atoms with E-state index in [9.17, 15) is 0 Å². The van der Waals surface area contributed by atoms with Gasteiger partial charge in [-0.15, -0.1) is 0 Å². The Balaban J connectivity index is 2.08. The van der Waals surface area contributed by atoms with Crippen molar-refractivity contribution in [1.82, 2.24) is 19.9 Å². The van der Waals surface area contributed by atoms with Crippen molar-refractivity contribution < 1.29 is 0 Å². The third-order valence-corrected chi connectivity index (χ3v) is 3.76. The first-order valence-electron chi connectivity index (χ1n) is 7.65. The summed E-state index contributed by atoms with van der Waals surface area (Å²) >= 11 is 0. The van der Waals surface area contributed by atoms with Crippen molar-refractivity contribution in [2.45, 2.75) is 0 Å². The molecule has 4 rings (SSSR count). The van der Waals surface area contributed by atoms with Gasteiger partial charge in [-0.25, -0.2) is 19.9 Å². The highest BCUT2D eigenvalue weighted by molar-refractivity contribution is 6.29. The van der Waals surface area contributed by atoms with Crippen LogP contribution in [-0.2, 0) is 0 Å². The first-order valence-corrected chi connectivity index (χ1v) is 7.65. The highest BCUT2D eigenvalue weighted by Crippen LogP contribution is 2.30. The zero-order valence-electron chi connectivity index (χ0n) is 13.1. The molecular formula is C18H14BN5. The molecule has 0 saturated carbocycles. The van der Waals surface area contributed by atoms with Gasteiger partial charge in [-0.1, -0.05) is 60.7 Å². The number of nitrogen functional groups attached to an aromatic ring is 1. The Hall–Kier alpha value is -3.28. The molecule has 114 valence electrons. The van der Waals surface area contributed by atoms with Crippen LogP contribution in [-0.4, -0.2) is 27.8 Å². The van der Waals surface area contributed by atoms with Crippen molar-refractivity contribution in [2.24, 2.45) is 0 Å². The fourth-order valence-electron chi connectivity index (χ4n) is 2.68. The fraction of sp³-hybridized carbons (Fsp3) is 0. The Kier molecular flexibility index (Phi) is 3.42. The summed E-state index contributed by atoms with van der Waals surface area (Å²) in [5.41, 5.74) is 11.2. The summed E-state index contributed by atoms with van der Waals surface area (Å²) in [5, 5.41) is 0. The average molecular weight is 311 g/mol. The standard InChI is InChI=1S/C18H14BN5/c19-18-23-16(20)15-17(24-18)22-14(12-9-5-2-6-10-12)13(21-15)11-7-3-1-4-8-11/h1-10H,19H2,(H2,20,22,23,24). The molecule has 4 aromatic rings. The van der Waals surface area contributed by atoms with Crippen LogP contribution in [0.2, 0.25) is 0 Å². The average Bonchev–Trinajstić information content (AvgIpc) is 2.62. The number of hydrogen-bond donors (Lipinski definition) is 1. The van der Waals surface area contributed by atoms with Gasteiger partial charge in [-0.3, -0.25) is 0 Å². The van der Waals surface area contributed by atoms with Crippen LogP contribution >= 0.6 is 0 Å². The summed E-state index contributed by atoms with van der Waals surface area (Å²) in [4.78, 5) is 18.1. The highest BCUT2D eigenvalue weighted by atomic mass is 15.0. The van der Waals surface area contributed by atoms with Crippen molar-refractivity contribution in [3.05, 3.63) is 60.7 Å². The summed E-state index contributed by atoms with van der Waals surface area (Å²) in [6.45, 7) is 0. The maximum Gasteiger partial charge on any atom is 0.189 e. The van der Waals surface area contributed by atoms with Crippen molar-refractivity contribution in [3.63, 3.8) is 0 Å². The Labute approximate surface area is 140 Å². The molecule has 0 aliphatic heterocycles. The highest BCUT2D eigenvalue weighted by Gasteiger charge is 2.15. The van der Waals surface area contributed by atoms with E-state index in [0.717, 1.165) is 22.5 Å². The molecule has 2 N–H and O–H groups in total. The van der Waals surface area contributed by atoms with Gasteiger partial charge in [-0.05, 0) is 0 Å². The molecule has 0 fully saturated rings. The van der Waals surface area contributed by atoms with Crippen molar-refractivity contribution in [3.8, 4) is 22.5 Å². The number of benzene rings is 2. The van der Waals surface area contributed by atoms with Gasteiger partial charge in [0.1, 0.15) is 0 Å². The van der Waals surface area contributed by atoms with E-state index in [1.54, 1.807) is 7.85 Å². The number of nitrogens with zero attached hydrogens (tertiary/aromatic N) is 4. The second-order valence-corrected chi connectivity index (χ2v) is 5.48. The Morgan fingerprint density at radius 1 is 0.667 bits per heavy atom. The Morgan fingerprint density at radius 3 is 1.79 bits per heavy atom. The number of rotatable bonds is 2. The molecular weight excluding hydrogens is 297 g/mol. The van der Waals surface area contributed by atoms with E-state index in [-0.39, 0.29) is 0 Å². The van der Waals surface area contributed by atoms with Gasteiger partial charge in [0, 0.05) is 11.1 Å². The third kappa shape index (κ3) is 2.48. The third-order valence-electron chi connectivity index (χ3n) is 3.76. The summed E-state index contributed by atoms with van der Waals surface area (Å²) < 4.78 is 0. The molecule has 0 bridgehead atoms. The molecule has 0 aliphatic rings. The van der Waals surface area contributed by atoms with Crippen LogP contribution in [0.15, 0.2) is 60.7 Å². The van der Waals surface area contributed by atoms with E-state index < -0.39 is 0 Å². The minimum atomic E-state index is 0.349. The summed E-state index contributed by atoms with van der Waals surface area (Å²) in [6.07, 6.45) is 0. The van der Waals surface area contributed by atoms with Crippen molar-refractivity contribution in [1.29, 1.82) is 0 Å². The van der Waals surface area contributed by atoms with Gasteiger partial charge in [-0.2, -0.15) is 0 Å². The molecule has 0 aliphatic carbocycles. The van der Waals surface area contributed by atoms with Crippen LogP contribution in [0, 0.1) is 0 Å². The molecule has 0 radical (unpaired) electrons. The maximum atomic E-state index is 6.04. The second kappa shape index (κ2) is 5.74. The maximum absolute atomic E-state index is 6.04. The van der Waals surface area contributed by atoms with Crippen LogP contribution in [0.4, 0.5) is 5.82 Å². The van der Waals surface area contributed by atoms with Crippen LogP contribution in [0.1, 0.15) is 0 Å². The van der Waals surface area contributed by atoms with Gasteiger partial charge in [0.15, 0.2) is 24.8 Å². The van der Waals surface area contributed by atoms with E-state index in [4.69, 9.17) is 15.7 Å². The van der Waals surface area contributed by atoms with Crippen molar-refractivity contribution in [2.75, 3.05) is 5.73 Å². The SMILES string of the molecule is Bc1nc(N)c2nc(-c3ccccc3)c(-c3ccccc3)nc2n1.